The molecular weight excluding hydrogens is 352 g/mol. The molecule has 144 valence electrons. The van der Waals surface area contributed by atoms with Crippen molar-refractivity contribution in [1.82, 2.24) is 0 Å². The lowest BCUT2D eigenvalue weighted by atomic mass is 9.84. The SMILES string of the molecule is COC(=O)c1cc(C)c(-c2ccccc2OC)c(-c2ccccc2OC)c1C. The zero-order valence-electron chi connectivity index (χ0n) is 16.8. The van der Waals surface area contributed by atoms with Crippen LogP contribution in [-0.4, -0.2) is 27.3 Å². The highest BCUT2D eigenvalue weighted by molar-refractivity contribution is 6.00. The normalized spacial score (nSPS) is 10.5. The average molecular weight is 376 g/mol. The summed E-state index contributed by atoms with van der Waals surface area (Å²) in [7, 11) is 4.70. The number of hydrogen-bond acceptors (Lipinski definition) is 4. The van der Waals surface area contributed by atoms with Gasteiger partial charge < -0.3 is 14.2 Å². The van der Waals surface area contributed by atoms with Crippen molar-refractivity contribution in [3.8, 4) is 33.8 Å². The number of para-hydroxylation sites is 2. The van der Waals surface area contributed by atoms with E-state index in [4.69, 9.17) is 14.2 Å². The molecule has 0 saturated carbocycles. The third-order valence-electron chi connectivity index (χ3n) is 4.94. The molecule has 0 amide bonds. The van der Waals surface area contributed by atoms with Gasteiger partial charge in [0.2, 0.25) is 0 Å². The van der Waals surface area contributed by atoms with Crippen molar-refractivity contribution in [1.29, 1.82) is 0 Å². The van der Waals surface area contributed by atoms with E-state index in [2.05, 4.69) is 0 Å². The first-order valence-electron chi connectivity index (χ1n) is 9.02. The highest BCUT2D eigenvalue weighted by atomic mass is 16.5. The number of methoxy groups -OCH3 is 3. The summed E-state index contributed by atoms with van der Waals surface area (Å²) in [6, 6.07) is 17.6. The van der Waals surface area contributed by atoms with Gasteiger partial charge in [-0.15, -0.1) is 0 Å². The van der Waals surface area contributed by atoms with Gasteiger partial charge in [0.15, 0.2) is 0 Å². The fourth-order valence-corrected chi connectivity index (χ4v) is 3.62. The van der Waals surface area contributed by atoms with E-state index in [-0.39, 0.29) is 5.97 Å². The van der Waals surface area contributed by atoms with Crippen molar-refractivity contribution in [3.05, 3.63) is 71.3 Å². The topological polar surface area (TPSA) is 44.8 Å². The van der Waals surface area contributed by atoms with Crippen LogP contribution < -0.4 is 9.47 Å². The molecule has 0 aliphatic rings. The predicted molar refractivity (Wildman–Crippen MR) is 111 cm³/mol. The molecular formula is C24H24O4. The Morgan fingerprint density at radius 3 is 1.75 bits per heavy atom. The molecule has 0 N–H and O–H groups in total. The van der Waals surface area contributed by atoms with Gasteiger partial charge in [0.25, 0.3) is 0 Å². The van der Waals surface area contributed by atoms with Gasteiger partial charge in [0, 0.05) is 11.1 Å². The molecule has 3 aromatic carbocycles. The predicted octanol–water partition coefficient (Wildman–Crippen LogP) is 5.44. The molecule has 0 aliphatic heterocycles. The van der Waals surface area contributed by atoms with E-state index in [1.807, 2.05) is 68.4 Å². The molecule has 4 nitrogen and oxygen atoms in total. The van der Waals surface area contributed by atoms with Gasteiger partial charge in [-0.05, 0) is 54.3 Å². The van der Waals surface area contributed by atoms with Crippen LogP contribution in [0.4, 0.5) is 0 Å². The van der Waals surface area contributed by atoms with Crippen LogP contribution in [0.5, 0.6) is 11.5 Å². The third-order valence-corrected chi connectivity index (χ3v) is 4.94. The van der Waals surface area contributed by atoms with Crippen LogP contribution in [0.2, 0.25) is 0 Å². The Kier molecular flexibility index (Phi) is 5.69. The van der Waals surface area contributed by atoms with Crippen molar-refractivity contribution < 1.29 is 19.0 Å². The van der Waals surface area contributed by atoms with Gasteiger partial charge in [-0.3, -0.25) is 0 Å². The van der Waals surface area contributed by atoms with E-state index < -0.39 is 0 Å². The maximum Gasteiger partial charge on any atom is 0.338 e. The lowest BCUT2D eigenvalue weighted by Crippen LogP contribution is -2.08. The van der Waals surface area contributed by atoms with Gasteiger partial charge in [-0.2, -0.15) is 0 Å². The molecule has 0 bridgehead atoms. The number of rotatable bonds is 5. The van der Waals surface area contributed by atoms with E-state index in [1.54, 1.807) is 14.2 Å². The Balaban J connectivity index is 2.46. The second-order valence-electron chi connectivity index (χ2n) is 6.51. The van der Waals surface area contributed by atoms with Gasteiger partial charge in [0.05, 0.1) is 26.9 Å². The molecule has 0 aliphatic carbocycles. The second kappa shape index (κ2) is 8.17. The number of carbonyl (C=O) groups excluding carboxylic acids is 1. The minimum absolute atomic E-state index is 0.358. The first-order valence-corrected chi connectivity index (χ1v) is 9.02. The summed E-state index contributed by atoms with van der Waals surface area (Å²) in [6.45, 7) is 3.93. The molecule has 0 atom stereocenters. The van der Waals surface area contributed by atoms with E-state index in [1.165, 1.54) is 7.11 Å². The lowest BCUT2D eigenvalue weighted by molar-refractivity contribution is 0.0600. The zero-order valence-corrected chi connectivity index (χ0v) is 16.8. The highest BCUT2D eigenvalue weighted by Gasteiger charge is 2.23. The molecule has 0 unspecified atom stereocenters. The standard InChI is InChI=1S/C24H24O4/c1-15-14-19(24(25)28-5)16(2)23(18-11-7-9-13-21(18)27-4)22(15)17-10-6-8-12-20(17)26-3/h6-14H,1-5H3. The highest BCUT2D eigenvalue weighted by Crippen LogP contribution is 2.45. The van der Waals surface area contributed by atoms with Crippen LogP contribution in [0, 0.1) is 13.8 Å². The minimum atomic E-state index is -0.358. The van der Waals surface area contributed by atoms with E-state index in [9.17, 15) is 4.79 Å². The smallest absolute Gasteiger partial charge is 0.338 e. The molecule has 3 rings (SSSR count). The van der Waals surface area contributed by atoms with Crippen molar-refractivity contribution in [2.45, 2.75) is 13.8 Å². The molecule has 0 aromatic heterocycles. The van der Waals surface area contributed by atoms with Crippen LogP contribution in [0.25, 0.3) is 22.3 Å². The molecule has 4 heteroatoms. The Morgan fingerprint density at radius 2 is 1.25 bits per heavy atom. The van der Waals surface area contributed by atoms with Crippen LogP contribution in [-0.2, 0) is 4.74 Å². The first kappa shape index (κ1) is 19.5. The Bertz CT molecular complexity index is 1020. The number of benzene rings is 3. The Morgan fingerprint density at radius 1 is 0.750 bits per heavy atom. The Hall–Kier alpha value is -3.27. The van der Waals surface area contributed by atoms with Gasteiger partial charge >= 0.3 is 5.97 Å². The summed E-state index contributed by atoms with van der Waals surface area (Å²) in [6.07, 6.45) is 0. The third kappa shape index (κ3) is 3.33. The van der Waals surface area contributed by atoms with Gasteiger partial charge in [-0.25, -0.2) is 4.79 Å². The molecule has 0 radical (unpaired) electrons. The summed E-state index contributed by atoms with van der Waals surface area (Å²) >= 11 is 0. The number of esters is 1. The molecule has 28 heavy (non-hydrogen) atoms. The van der Waals surface area contributed by atoms with Crippen LogP contribution in [0.1, 0.15) is 21.5 Å². The van der Waals surface area contributed by atoms with Crippen LogP contribution in [0.15, 0.2) is 54.6 Å². The lowest BCUT2D eigenvalue weighted by Gasteiger charge is -2.21. The minimum Gasteiger partial charge on any atom is -0.496 e. The Labute approximate surface area is 165 Å². The number of hydrogen-bond donors (Lipinski definition) is 0. The number of aryl methyl sites for hydroxylation is 1. The van der Waals surface area contributed by atoms with Crippen molar-refractivity contribution in [2.24, 2.45) is 0 Å². The van der Waals surface area contributed by atoms with Crippen LogP contribution in [0.3, 0.4) is 0 Å². The summed E-state index contributed by atoms with van der Waals surface area (Å²) in [5.74, 6) is 1.15. The van der Waals surface area contributed by atoms with Crippen molar-refractivity contribution in [3.63, 3.8) is 0 Å². The molecule has 3 aromatic rings. The second-order valence-corrected chi connectivity index (χ2v) is 6.51. The maximum absolute atomic E-state index is 12.4. The van der Waals surface area contributed by atoms with E-state index >= 15 is 0 Å². The molecule has 0 heterocycles. The average Bonchev–Trinajstić information content (AvgIpc) is 2.74. The summed E-state index contributed by atoms with van der Waals surface area (Å²) < 4.78 is 16.3. The summed E-state index contributed by atoms with van der Waals surface area (Å²) in [5, 5.41) is 0. The number of ether oxygens (including phenoxy) is 3. The molecule has 0 spiro atoms. The van der Waals surface area contributed by atoms with Gasteiger partial charge in [-0.1, -0.05) is 36.4 Å². The van der Waals surface area contributed by atoms with Gasteiger partial charge in [0.1, 0.15) is 11.5 Å². The fourth-order valence-electron chi connectivity index (χ4n) is 3.62. The number of carbonyl (C=O) groups is 1. The zero-order chi connectivity index (χ0) is 20.3. The van der Waals surface area contributed by atoms with E-state index in [0.29, 0.717) is 5.56 Å². The maximum atomic E-state index is 12.4. The summed E-state index contributed by atoms with van der Waals surface area (Å²) in [5.41, 5.74) is 6.15. The van der Waals surface area contributed by atoms with E-state index in [0.717, 1.165) is 44.9 Å². The van der Waals surface area contributed by atoms with Crippen LogP contribution >= 0.6 is 0 Å². The summed E-state index contributed by atoms with van der Waals surface area (Å²) in [4.78, 5) is 12.4. The largest absolute Gasteiger partial charge is 0.496 e. The van der Waals surface area contributed by atoms with Crippen molar-refractivity contribution >= 4 is 5.97 Å². The monoisotopic (exact) mass is 376 g/mol. The quantitative estimate of drug-likeness (QED) is 0.556. The molecule has 0 saturated heterocycles. The molecule has 0 fully saturated rings. The van der Waals surface area contributed by atoms with Crippen molar-refractivity contribution in [2.75, 3.05) is 21.3 Å². The fraction of sp³-hybridized carbons (Fsp3) is 0.208. The first-order chi connectivity index (χ1) is 13.5.